The molecule has 124 valence electrons. The third-order valence-corrected chi connectivity index (χ3v) is 4.03. The Morgan fingerprint density at radius 2 is 1.57 bits per heavy atom. The molecule has 23 heavy (non-hydrogen) atoms. The van der Waals surface area contributed by atoms with E-state index in [0.29, 0.717) is 0 Å². The minimum Gasteiger partial charge on any atom is -0.382 e. The van der Waals surface area contributed by atoms with Crippen LogP contribution in [0.1, 0.15) is 18.1 Å². The highest BCUT2D eigenvalue weighted by Gasteiger charge is 2.05. The van der Waals surface area contributed by atoms with Crippen molar-refractivity contribution in [3.63, 3.8) is 0 Å². The highest BCUT2D eigenvalue weighted by Crippen LogP contribution is 2.13. The molecule has 0 heterocycles. The Morgan fingerprint density at radius 1 is 1.00 bits per heavy atom. The van der Waals surface area contributed by atoms with Gasteiger partial charge in [0.2, 0.25) is 10.0 Å². The molecule has 0 aliphatic rings. The second kappa shape index (κ2) is 7.57. The fourth-order valence-electron chi connectivity index (χ4n) is 2.24. The molecule has 0 saturated heterocycles. The number of hydrogen-bond donors (Lipinski definition) is 2. The van der Waals surface area contributed by atoms with Gasteiger partial charge in [0, 0.05) is 18.3 Å². The Balaban J connectivity index is 1.88. The average molecular weight is 336 g/mol. The van der Waals surface area contributed by atoms with Gasteiger partial charge in [0.05, 0.1) is 6.26 Å². The zero-order valence-electron chi connectivity index (χ0n) is 13.2. The summed E-state index contributed by atoms with van der Waals surface area (Å²) in [5, 5.41) is 3.37. The average Bonchev–Trinajstić information content (AvgIpc) is 2.48. The van der Waals surface area contributed by atoms with Crippen molar-refractivity contribution < 1.29 is 12.8 Å². The van der Waals surface area contributed by atoms with Crippen LogP contribution in [0.5, 0.6) is 0 Å². The Labute approximate surface area is 136 Å². The van der Waals surface area contributed by atoms with Crippen LogP contribution in [0, 0.1) is 5.82 Å². The summed E-state index contributed by atoms with van der Waals surface area (Å²) >= 11 is 0. The molecule has 0 aliphatic carbocycles. The first-order chi connectivity index (χ1) is 10.8. The Bertz CT molecular complexity index is 728. The molecule has 0 aliphatic heterocycles. The Kier molecular flexibility index (Phi) is 5.74. The summed E-state index contributed by atoms with van der Waals surface area (Å²) in [7, 11) is -3.18. The van der Waals surface area contributed by atoms with Crippen LogP contribution in [0.25, 0.3) is 0 Å². The van der Waals surface area contributed by atoms with Crippen molar-refractivity contribution in [1.82, 2.24) is 4.72 Å². The lowest BCUT2D eigenvalue weighted by molar-refractivity contribution is 0.587. The molecule has 0 aromatic heterocycles. The maximum atomic E-state index is 12.9. The van der Waals surface area contributed by atoms with E-state index in [-0.39, 0.29) is 18.4 Å². The first kappa shape index (κ1) is 17.4. The third-order valence-electron chi connectivity index (χ3n) is 3.36. The molecule has 0 unspecified atom stereocenters. The van der Waals surface area contributed by atoms with E-state index >= 15 is 0 Å². The van der Waals surface area contributed by atoms with Gasteiger partial charge in [-0.1, -0.05) is 24.3 Å². The van der Waals surface area contributed by atoms with Crippen LogP contribution >= 0.6 is 0 Å². The minimum absolute atomic E-state index is 0.195. The minimum atomic E-state index is -3.18. The summed E-state index contributed by atoms with van der Waals surface area (Å²) in [5.74, 6) is -0.229. The molecular formula is C17H21FN2O2S. The van der Waals surface area contributed by atoms with Gasteiger partial charge in [-0.3, -0.25) is 0 Å². The smallest absolute Gasteiger partial charge is 0.209 e. The van der Waals surface area contributed by atoms with Gasteiger partial charge in [-0.2, -0.15) is 0 Å². The summed E-state index contributed by atoms with van der Waals surface area (Å²) in [6.07, 6.45) is 1.93. The SMILES string of the molecule is C[C@@H](Cc1ccc(F)cc1)Nc1ccc(CNS(C)(=O)=O)cc1. The van der Waals surface area contributed by atoms with Crippen LogP contribution in [0.4, 0.5) is 10.1 Å². The van der Waals surface area contributed by atoms with Gasteiger partial charge in [-0.25, -0.2) is 17.5 Å². The molecule has 2 aromatic rings. The summed E-state index contributed by atoms with van der Waals surface area (Å²) in [6, 6.07) is 14.3. The molecule has 4 nitrogen and oxygen atoms in total. The zero-order valence-corrected chi connectivity index (χ0v) is 14.0. The molecule has 2 aromatic carbocycles. The van der Waals surface area contributed by atoms with E-state index < -0.39 is 10.0 Å². The molecule has 0 bridgehead atoms. The second-order valence-electron chi connectivity index (χ2n) is 5.67. The van der Waals surface area contributed by atoms with Crippen molar-refractivity contribution >= 4 is 15.7 Å². The van der Waals surface area contributed by atoms with E-state index in [0.717, 1.165) is 29.5 Å². The van der Waals surface area contributed by atoms with Crippen molar-refractivity contribution in [2.45, 2.75) is 25.9 Å². The van der Waals surface area contributed by atoms with Crippen LogP contribution in [0.15, 0.2) is 48.5 Å². The normalized spacial score (nSPS) is 12.8. The van der Waals surface area contributed by atoms with Gasteiger partial charge in [0.15, 0.2) is 0 Å². The predicted molar refractivity (Wildman–Crippen MR) is 91.3 cm³/mol. The number of anilines is 1. The van der Waals surface area contributed by atoms with Gasteiger partial charge in [-0.05, 0) is 48.7 Å². The first-order valence-corrected chi connectivity index (χ1v) is 9.25. The molecular weight excluding hydrogens is 315 g/mol. The predicted octanol–water partition coefficient (Wildman–Crippen LogP) is 2.92. The van der Waals surface area contributed by atoms with Gasteiger partial charge >= 0.3 is 0 Å². The zero-order chi connectivity index (χ0) is 16.9. The van der Waals surface area contributed by atoms with Crippen LogP contribution < -0.4 is 10.0 Å². The quantitative estimate of drug-likeness (QED) is 0.817. The van der Waals surface area contributed by atoms with Gasteiger partial charge < -0.3 is 5.32 Å². The molecule has 2 rings (SSSR count). The van der Waals surface area contributed by atoms with E-state index in [1.54, 1.807) is 12.1 Å². The highest BCUT2D eigenvalue weighted by atomic mass is 32.2. The number of hydrogen-bond acceptors (Lipinski definition) is 3. The van der Waals surface area contributed by atoms with E-state index in [2.05, 4.69) is 17.0 Å². The van der Waals surface area contributed by atoms with Crippen LogP contribution in [-0.2, 0) is 23.0 Å². The maximum Gasteiger partial charge on any atom is 0.209 e. The summed E-state index contributed by atoms with van der Waals surface area (Å²) in [5.41, 5.74) is 2.93. The first-order valence-electron chi connectivity index (χ1n) is 7.36. The van der Waals surface area contributed by atoms with Crippen molar-refractivity contribution in [1.29, 1.82) is 0 Å². The van der Waals surface area contributed by atoms with E-state index in [1.165, 1.54) is 12.1 Å². The summed E-state index contributed by atoms with van der Waals surface area (Å²) < 4.78 is 37.5. The molecule has 0 fully saturated rings. The molecule has 6 heteroatoms. The molecule has 0 saturated carbocycles. The van der Waals surface area contributed by atoms with E-state index in [1.807, 2.05) is 24.3 Å². The molecule has 1 atom stereocenters. The lowest BCUT2D eigenvalue weighted by atomic mass is 10.1. The van der Waals surface area contributed by atoms with Crippen molar-refractivity contribution in [3.05, 3.63) is 65.5 Å². The van der Waals surface area contributed by atoms with Crippen molar-refractivity contribution in [2.75, 3.05) is 11.6 Å². The third kappa shape index (κ3) is 6.38. The van der Waals surface area contributed by atoms with Gasteiger partial charge in [0.25, 0.3) is 0 Å². The van der Waals surface area contributed by atoms with Gasteiger partial charge in [-0.15, -0.1) is 0 Å². The fraction of sp³-hybridized carbons (Fsp3) is 0.294. The maximum absolute atomic E-state index is 12.9. The van der Waals surface area contributed by atoms with E-state index in [9.17, 15) is 12.8 Å². The summed E-state index contributed by atoms with van der Waals surface area (Å²) in [6.45, 7) is 2.34. The number of halogens is 1. The lowest BCUT2D eigenvalue weighted by Gasteiger charge is -2.16. The Hall–Kier alpha value is -1.92. The number of benzene rings is 2. The number of sulfonamides is 1. The van der Waals surface area contributed by atoms with Crippen molar-refractivity contribution in [2.24, 2.45) is 0 Å². The molecule has 2 N–H and O–H groups in total. The number of rotatable bonds is 7. The number of nitrogens with one attached hydrogen (secondary N) is 2. The standard InChI is InChI=1S/C17H21FN2O2S/c1-13(11-14-3-7-16(18)8-4-14)20-17-9-5-15(6-10-17)12-19-23(2,21)22/h3-10,13,19-20H,11-12H2,1-2H3/t13-/m0/s1. The molecule has 0 spiro atoms. The highest BCUT2D eigenvalue weighted by molar-refractivity contribution is 7.88. The lowest BCUT2D eigenvalue weighted by Crippen LogP contribution is -2.21. The molecule has 0 amide bonds. The second-order valence-corrected chi connectivity index (χ2v) is 7.50. The van der Waals surface area contributed by atoms with Crippen molar-refractivity contribution in [3.8, 4) is 0 Å². The topological polar surface area (TPSA) is 58.2 Å². The van der Waals surface area contributed by atoms with Crippen LogP contribution in [0.2, 0.25) is 0 Å². The van der Waals surface area contributed by atoms with E-state index in [4.69, 9.17) is 0 Å². The summed E-state index contributed by atoms with van der Waals surface area (Å²) in [4.78, 5) is 0. The van der Waals surface area contributed by atoms with Crippen LogP contribution in [0.3, 0.4) is 0 Å². The monoisotopic (exact) mass is 336 g/mol. The fourth-order valence-corrected chi connectivity index (χ4v) is 2.67. The van der Waals surface area contributed by atoms with Crippen LogP contribution in [-0.4, -0.2) is 20.7 Å². The van der Waals surface area contributed by atoms with Gasteiger partial charge in [0.1, 0.15) is 5.82 Å². The largest absolute Gasteiger partial charge is 0.382 e. The molecule has 0 radical (unpaired) electrons. The Morgan fingerprint density at radius 3 is 2.13 bits per heavy atom.